The molecule has 10 fully saturated rings. The van der Waals surface area contributed by atoms with Crippen LogP contribution in [0.4, 0.5) is 0 Å². The van der Waals surface area contributed by atoms with Crippen LogP contribution in [-0.4, -0.2) is 550 Å². The van der Waals surface area contributed by atoms with Crippen LogP contribution in [-0.2, 0) is 106 Å². The van der Waals surface area contributed by atoms with Crippen molar-refractivity contribution in [3.63, 3.8) is 0 Å². The molecule has 0 aromatic carbocycles. The van der Waals surface area contributed by atoms with E-state index in [0.717, 1.165) is 32.8 Å². The molecule has 19 heterocycles. The Labute approximate surface area is 828 Å². The van der Waals surface area contributed by atoms with Gasteiger partial charge in [-0.2, -0.15) is 0 Å². The topological polar surface area (TPSA) is 996 Å². The van der Waals surface area contributed by atoms with Gasteiger partial charge in [-0.1, -0.05) is 46.9 Å². The van der Waals surface area contributed by atoms with Gasteiger partial charge in [0.25, 0.3) is 0 Å². The van der Waals surface area contributed by atoms with Crippen molar-refractivity contribution in [1.29, 1.82) is 0 Å². The number of aromatic nitrogens is 27. The fourth-order valence-corrected chi connectivity index (χ4v) is 20.1. The first-order valence-electron chi connectivity index (χ1n) is 47.2. The zero-order chi connectivity index (χ0) is 105. The van der Waals surface area contributed by atoms with Crippen LogP contribution >= 0.6 is 0 Å². The van der Waals surface area contributed by atoms with E-state index in [9.17, 15) is 158 Å². The second-order valence-electron chi connectivity index (χ2n) is 38.8. The molecule has 50 atom stereocenters. The van der Waals surface area contributed by atoms with Crippen LogP contribution in [0.25, 0.3) is 0 Å². The van der Waals surface area contributed by atoms with Crippen molar-refractivity contribution in [2.24, 2.45) is 0 Å². The fourth-order valence-electron chi connectivity index (χ4n) is 20.1. The van der Waals surface area contributed by atoms with Crippen molar-refractivity contribution in [2.75, 3.05) is 6.61 Å². The van der Waals surface area contributed by atoms with Crippen LogP contribution in [0.15, 0.2) is 55.8 Å². The normalized spacial score (nSPS) is 43.3. The third-order valence-electron chi connectivity index (χ3n) is 28.7. The summed E-state index contributed by atoms with van der Waals surface area (Å²) < 4.78 is 70.3. The molecule has 0 unspecified atom stereocenters. The van der Waals surface area contributed by atoms with Gasteiger partial charge in [-0.3, -0.25) is 0 Å². The number of nitrogens with zero attached hydrogens (tertiary/aromatic N) is 27. The number of aliphatic hydroxyl groups is 31. The molecule has 68 nitrogen and oxygen atoms in total. The molecule has 148 heavy (non-hydrogen) atoms. The van der Waals surface area contributed by atoms with E-state index in [2.05, 4.69) is 92.8 Å². The Kier molecular flexibility index (Phi) is 31.6. The van der Waals surface area contributed by atoms with Gasteiger partial charge in [-0.25, -0.2) is 42.1 Å². The molecular formula is C80H115N27O41. The van der Waals surface area contributed by atoms with Gasteiger partial charge in [0.05, 0.1) is 127 Å². The van der Waals surface area contributed by atoms with E-state index in [4.69, 9.17) is 47.4 Å². The molecule has 31 N–H and O–H groups in total. The highest BCUT2D eigenvalue weighted by molar-refractivity contribution is 5.18. The smallest absolute Gasteiger partial charge is 0.132 e. The molecule has 0 radical (unpaired) electrons. The summed E-state index contributed by atoms with van der Waals surface area (Å²) in [4.78, 5) is 0. The quantitative estimate of drug-likeness (QED) is 0.0207. The maximum Gasteiger partial charge on any atom is 0.132 e. The first-order chi connectivity index (χ1) is 70.6. The Morgan fingerprint density at radius 1 is 0.169 bits per heavy atom. The SMILES string of the molecule is C[C@H]1O[C@H](c2cn(C[C@H]3O[C@@H](c4cn(C[C@H]5O[C@@H](c6cn(C[C@H]7O[C@@H](c8cn(C[C@H]9O[C@@H](c%10cn(C[C@H]%11O[C@@H](c%12cn(C[C@H]%13O[C@@H](c%14cn(C[C@H]%15O[C@@H](c%16cn(C[C@H]%17O[C@H](c%18cn(C[C@H]%19O[C@H](CCO)[C@@H](O)[C@@H](O)[C@@H]%19O)nn%18)[C@@H](O)[C@@H](O)[C@@H]%17O)nn%16)[C@@H](O)[C@@H](O)[C@@H]%15O)nn%14)[C@@H](O)[C@@H](O)[C@@H]%13O)nn%12)[C@@H](O)[C@@H](O)[C@@H]%11O)nn%10)[C@@H](O)[C@@H](O)[C@@H]9O)nn8)[C@@H](O)[C@@H](O)[C@@H]7O)nn6)[C@@H](O)[C@@H](O)[C@@H]5O)nn4)[C@@H](O)[C@@H](O)[C@@H]3O)nn2)[C@@H](O)[C@@H](O)[C@@H]1O. The van der Waals surface area contributed by atoms with Crippen molar-refractivity contribution in [1.82, 2.24) is 135 Å². The van der Waals surface area contributed by atoms with Gasteiger partial charge < -0.3 is 206 Å². The Morgan fingerprint density at radius 3 is 0.453 bits per heavy atom. The third-order valence-corrected chi connectivity index (χ3v) is 28.7. The number of ether oxygens (including phenoxy) is 10. The highest BCUT2D eigenvalue weighted by atomic mass is 16.6. The van der Waals surface area contributed by atoms with Gasteiger partial charge in [0.2, 0.25) is 0 Å². The van der Waals surface area contributed by atoms with E-state index in [-0.39, 0.29) is 77.3 Å². The summed E-state index contributed by atoms with van der Waals surface area (Å²) >= 11 is 0. The summed E-state index contributed by atoms with van der Waals surface area (Å²) in [6.45, 7) is -2.40. The summed E-state index contributed by atoms with van der Waals surface area (Å²) in [6, 6.07) is 0. The summed E-state index contributed by atoms with van der Waals surface area (Å²) in [6.07, 6.45) is -70.0. The first-order valence-corrected chi connectivity index (χ1v) is 47.2. The van der Waals surface area contributed by atoms with Crippen molar-refractivity contribution < 1.29 is 206 Å². The second-order valence-corrected chi connectivity index (χ2v) is 38.8. The predicted octanol–water partition coefficient (Wildman–Crippen LogP) is -21.4. The highest BCUT2D eigenvalue weighted by Gasteiger charge is 2.57. The van der Waals surface area contributed by atoms with Crippen LogP contribution in [0, 0.1) is 0 Å². The van der Waals surface area contributed by atoms with Crippen molar-refractivity contribution in [3.05, 3.63) is 107 Å². The van der Waals surface area contributed by atoms with Crippen LogP contribution in [0.2, 0.25) is 0 Å². The largest absolute Gasteiger partial charge is 0.396 e. The second kappa shape index (κ2) is 43.6. The molecule has 68 heteroatoms. The van der Waals surface area contributed by atoms with Gasteiger partial charge in [0, 0.05) is 6.61 Å². The van der Waals surface area contributed by atoms with Crippen LogP contribution < -0.4 is 0 Å². The summed E-state index contributed by atoms with van der Waals surface area (Å²) in [5.41, 5.74) is -0.940. The standard InChI is InChI=1S/C80H115N27O41/c1-22-42(109)53(120)63(130)72(139-22)23-4-100(90-81-23)14-34-45(112)55(122)65(132)74(141-34)25-6-102(92-83-25)16-36-47(114)57(124)67(134)76(143-36)27-8-104(94-85-27)18-38-49(116)59(126)69(136)78(145-38)29-10-106(96-87-29)20-40-51(118)61(128)71(138)80(147-40)31-12-107(98-89-31)21-41-52(119)62(129)70(137)79(148-41)30-11-105(97-88-30)19-39-50(117)60(127)68(135)77(146-39)28-9-103(95-86-28)17-37-48(115)58(125)66(133)75(144-37)26-7-101(93-84-26)15-35-46(113)56(123)64(131)73(142-35)24-5-99(91-82-24)13-33-44(111)54(121)43(110)32(140-33)2-3-108/h4-12,22,32-80,108-138H,2-3,13-21H2,1H3/t22-,32-,33-,34-,35-,36-,37-,38-,39-,40-,41-,42-,43-,44-,45-,46-,47-,48-,49-,50-,51-,52-,53+,54-,55+,56+,57+,58+,59+,60+,61+,62+,63+,64+,65+,66+,67+,68+,69+,70+,71+,72-,73-,74+,75+,76+,77+,78+,79+,80+/m1/s1. The molecule has 0 aliphatic carbocycles. The number of rotatable bonds is 29. The van der Waals surface area contributed by atoms with E-state index in [1.165, 1.54) is 72.1 Å². The number of hydrogen-bond acceptors (Lipinski definition) is 59. The van der Waals surface area contributed by atoms with Gasteiger partial charge in [0.15, 0.2) is 0 Å². The van der Waals surface area contributed by atoms with Gasteiger partial charge in [0.1, 0.15) is 344 Å². The maximum atomic E-state index is 11.4. The number of hydrogen-bond donors (Lipinski definition) is 31. The third kappa shape index (κ3) is 20.9. The lowest BCUT2D eigenvalue weighted by Crippen LogP contribution is -2.58. The Morgan fingerprint density at radius 2 is 0.297 bits per heavy atom. The van der Waals surface area contributed by atoms with E-state index >= 15 is 0 Å². The highest BCUT2D eigenvalue weighted by Crippen LogP contribution is 2.44. The van der Waals surface area contributed by atoms with E-state index in [1.54, 1.807) is 0 Å². The Bertz CT molecular complexity index is 5710. The average molecular weight is 2110 g/mol. The lowest BCUT2D eigenvalue weighted by atomic mass is 9.93. The molecule has 0 bridgehead atoms. The molecule has 0 saturated carbocycles. The minimum atomic E-state index is -1.93. The summed E-state index contributed by atoms with van der Waals surface area (Å²) in [7, 11) is 0. The Hall–Kier alpha value is -9.38. The van der Waals surface area contributed by atoms with Gasteiger partial charge >= 0.3 is 0 Å². The monoisotopic (exact) mass is 2110 g/mol. The molecule has 19 rings (SSSR count). The first kappa shape index (κ1) is 107. The molecule has 0 spiro atoms. The minimum absolute atomic E-state index is 0.0516. The summed E-state index contributed by atoms with van der Waals surface area (Å²) in [5, 5.41) is 414. The van der Waals surface area contributed by atoms with Crippen LogP contribution in [0.3, 0.4) is 0 Å². The molecule has 0 amide bonds. The molecular weight excluding hydrogens is 2000 g/mol. The average Bonchev–Trinajstić information content (AvgIpc) is 1.54. The van der Waals surface area contributed by atoms with Crippen molar-refractivity contribution in [3.8, 4) is 0 Å². The molecule has 9 aromatic rings. The molecule has 10 aliphatic heterocycles. The van der Waals surface area contributed by atoms with Gasteiger partial charge in [-0.05, 0) is 13.3 Å². The number of aliphatic hydroxyl groups excluding tert-OH is 31. The van der Waals surface area contributed by atoms with Crippen molar-refractivity contribution in [2.45, 2.75) is 377 Å². The maximum absolute atomic E-state index is 11.4. The van der Waals surface area contributed by atoms with Gasteiger partial charge in [-0.15, -0.1) is 45.9 Å². The van der Waals surface area contributed by atoms with E-state index in [0.29, 0.717) is 0 Å². The zero-order valence-corrected chi connectivity index (χ0v) is 77.4. The molecule has 10 aliphatic rings. The fraction of sp³-hybridized carbons (Fsp3) is 0.775. The van der Waals surface area contributed by atoms with Crippen LogP contribution in [0.5, 0.6) is 0 Å². The minimum Gasteiger partial charge on any atom is -0.396 e. The molecule has 10 saturated heterocycles. The lowest BCUT2D eigenvalue weighted by molar-refractivity contribution is -0.230. The van der Waals surface area contributed by atoms with E-state index in [1.807, 2.05) is 0 Å². The van der Waals surface area contributed by atoms with Crippen LogP contribution in [0.1, 0.15) is 120 Å². The molecule has 9 aromatic heterocycles. The van der Waals surface area contributed by atoms with Crippen molar-refractivity contribution >= 4 is 0 Å². The zero-order valence-electron chi connectivity index (χ0n) is 77.4. The Balaban J connectivity index is 0.444. The van der Waals surface area contributed by atoms with E-state index < -0.39 is 351 Å². The summed E-state index contributed by atoms with van der Waals surface area (Å²) in [5.74, 6) is 0. The molecule has 816 valence electrons. The predicted molar refractivity (Wildman–Crippen MR) is 455 cm³/mol. The lowest BCUT2D eigenvalue weighted by Gasteiger charge is -2.40.